The molecule has 0 aliphatic rings. The molecule has 0 saturated carbocycles. The summed E-state index contributed by atoms with van der Waals surface area (Å²) in [7, 11) is 0. The van der Waals surface area contributed by atoms with Gasteiger partial charge in [0.2, 0.25) is 11.1 Å². The minimum atomic E-state index is -0.592. The maximum absolute atomic E-state index is 12.7. The molecule has 25 heavy (non-hydrogen) atoms. The van der Waals surface area contributed by atoms with E-state index in [1.807, 2.05) is 19.9 Å². The summed E-state index contributed by atoms with van der Waals surface area (Å²) in [6.45, 7) is 3.83. The molecule has 0 aliphatic heterocycles. The Labute approximate surface area is 147 Å². The van der Waals surface area contributed by atoms with Crippen molar-refractivity contribution in [2.75, 3.05) is 0 Å². The fourth-order valence-corrected chi connectivity index (χ4v) is 3.10. The quantitative estimate of drug-likeness (QED) is 0.643. The zero-order valence-corrected chi connectivity index (χ0v) is 14.7. The van der Waals surface area contributed by atoms with Crippen LogP contribution in [0.2, 0.25) is 0 Å². The van der Waals surface area contributed by atoms with Gasteiger partial charge in [-0.2, -0.15) is 0 Å². The molecule has 0 fully saturated rings. The first kappa shape index (κ1) is 17.2. The number of nitrogens with two attached hydrogens (primary N) is 1. The van der Waals surface area contributed by atoms with Crippen molar-refractivity contribution >= 4 is 28.6 Å². The summed E-state index contributed by atoms with van der Waals surface area (Å²) in [6.07, 6.45) is 0. The largest absolute Gasteiger partial charge is 0.368 e. The van der Waals surface area contributed by atoms with Gasteiger partial charge >= 0.3 is 0 Å². The van der Waals surface area contributed by atoms with Crippen LogP contribution in [0.4, 0.5) is 0 Å². The summed E-state index contributed by atoms with van der Waals surface area (Å²) < 4.78 is 1.31. The van der Waals surface area contributed by atoms with Gasteiger partial charge in [0.15, 0.2) is 0 Å². The Balaban J connectivity index is 1.95. The maximum Gasteiger partial charge on any atom is 0.261 e. The number of nitrogens with zero attached hydrogens (tertiary/aromatic N) is 4. The average molecular weight is 358 g/mol. The molecule has 0 unspecified atom stereocenters. The predicted octanol–water partition coefficient (Wildman–Crippen LogP) is 1.42. The van der Waals surface area contributed by atoms with Crippen molar-refractivity contribution in [3.63, 3.8) is 0 Å². The van der Waals surface area contributed by atoms with Gasteiger partial charge in [0.1, 0.15) is 18.2 Å². The maximum atomic E-state index is 12.7. The monoisotopic (exact) mass is 358 g/mol. The third kappa shape index (κ3) is 3.71. The van der Waals surface area contributed by atoms with Crippen molar-refractivity contribution in [1.29, 1.82) is 0 Å². The van der Waals surface area contributed by atoms with Crippen molar-refractivity contribution < 1.29 is 4.79 Å². The molecule has 1 aromatic carbocycles. The molecular formula is C16H18N6O2S. The van der Waals surface area contributed by atoms with Crippen LogP contribution in [-0.4, -0.2) is 30.6 Å². The molecule has 0 bridgehead atoms. The normalized spacial score (nSPS) is 11.3. The molecule has 130 valence electrons. The van der Waals surface area contributed by atoms with Crippen LogP contribution in [-0.2, 0) is 17.1 Å². The highest BCUT2D eigenvalue weighted by Crippen LogP contribution is 2.20. The molecule has 0 saturated heterocycles. The summed E-state index contributed by atoms with van der Waals surface area (Å²) in [5, 5.41) is 8.05. The lowest BCUT2D eigenvalue weighted by atomic mass is 10.2. The third-order valence-electron chi connectivity index (χ3n) is 3.61. The Kier molecular flexibility index (Phi) is 4.84. The summed E-state index contributed by atoms with van der Waals surface area (Å²) in [5.74, 6) is 1.26. The Morgan fingerprint density at radius 1 is 1.32 bits per heavy atom. The van der Waals surface area contributed by atoms with Gasteiger partial charge in [-0.3, -0.25) is 19.3 Å². The molecule has 3 rings (SSSR count). The fourth-order valence-electron chi connectivity index (χ4n) is 2.35. The second-order valence-corrected chi connectivity index (χ2v) is 6.79. The fraction of sp³-hybridized carbons (Fsp3) is 0.312. The van der Waals surface area contributed by atoms with Gasteiger partial charge in [-0.15, -0.1) is 5.10 Å². The Hall–Kier alpha value is -2.68. The number of aromatic amines is 1. The average Bonchev–Trinajstić information content (AvgIpc) is 3.05. The number of hydrogen-bond donors (Lipinski definition) is 2. The molecule has 2 heterocycles. The number of para-hydroxylation sites is 1. The standard InChI is InChI=1S/C16H18N6O2S/c1-9(2)14-19-16(21-20-14)25-8-13-18-11-6-4-3-5-10(11)15(24)22(13)7-12(17)23/h3-6,9H,7-8H2,1-2H3,(H2,17,23)(H,19,20,21). The van der Waals surface area contributed by atoms with Crippen LogP contribution in [0.3, 0.4) is 0 Å². The molecule has 0 radical (unpaired) electrons. The van der Waals surface area contributed by atoms with Crippen LogP contribution in [0, 0.1) is 0 Å². The molecule has 8 nitrogen and oxygen atoms in total. The minimum absolute atomic E-state index is 0.211. The highest BCUT2D eigenvalue weighted by Gasteiger charge is 2.14. The van der Waals surface area contributed by atoms with E-state index in [9.17, 15) is 9.59 Å². The number of rotatable bonds is 6. The summed E-state index contributed by atoms with van der Waals surface area (Å²) in [4.78, 5) is 32.9. The van der Waals surface area contributed by atoms with Crippen LogP contribution in [0.1, 0.15) is 31.4 Å². The number of nitrogens with one attached hydrogen (secondary N) is 1. The van der Waals surface area contributed by atoms with Crippen molar-refractivity contribution in [2.24, 2.45) is 5.73 Å². The summed E-state index contributed by atoms with van der Waals surface area (Å²) in [5.41, 5.74) is 5.59. The number of H-pyrrole nitrogens is 1. The SMILES string of the molecule is CC(C)c1nc(SCc2nc3ccccc3c(=O)n2CC(N)=O)n[nH]1. The van der Waals surface area contributed by atoms with E-state index in [1.54, 1.807) is 18.2 Å². The van der Waals surface area contributed by atoms with Crippen molar-refractivity contribution in [3.8, 4) is 0 Å². The topological polar surface area (TPSA) is 120 Å². The molecule has 9 heteroatoms. The van der Waals surface area contributed by atoms with E-state index in [1.165, 1.54) is 16.3 Å². The number of primary amides is 1. The van der Waals surface area contributed by atoms with E-state index in [0.717, 1.165) is 5.82 Å². The highest BCUT2D eigenvalue weighted by molar-refractivity contribution is 7.98. The molecular weight excluding hydrogens is 340 g/mol. The molecule has 3 aromatic rings. The Morgan fingerprint density at radius 2 is 2.08 bits per heavy atom. The molecule has 0 aliphatic carbocycles. The number of carbonyl (C=O) groups is 1. The van der Waals surface area contributed by atoms with Gasteiger partial charge in [0.05, 0.1) is 16.7 Å². The third-order valence-corrected chi connectivity index (χ3v) is 4.46. The summed E-state index contributed by atoms with van der Waals surface area (Å²) in [6, 6.07) is 7.02. The van der Waals surface area contributed by atoms with Crippen LogP contribution < -0.4 is 11.3 Å². The number of carbonyl (C=O) groups excluding carboxylic acids is 1. The van der Waals surface area contributed by atoms with Crippen LogP contribution >= 0.6 is 11.8 Å². The number of hydrogen-bond acceptors (Lipinski definition) is 6. The Morgan fingerprint density at radius 3 is 2.76 bits per heavy atom. The van der Waals surface area contributed by atoms with Gasteiger partial charge in [-0.1, -0.05) is 37.7 Å². The van der Waals surface area contributed by atoms with E-state index in [4.69, 9.17) is 5.73 Å². The predicted molar refractivity (Wildman–Crippen MR) is 95.2 cm³/mol. The number of thioether (sulfide) groups is 1. The van der Waals surface area contributed by atoms with E-state index in [2.05, 4.69) is 20.2 Å². The lowest BCUT2D eigenvalue weighted by Gasteiger charge is -2.11. The number of aromatic nitrogens is 5. The Bertz CT molecular complexity index is 978. The molecule has 0 atom stereocenters. The van der Waals surface area contributed by atoms with Crippen LogP contribution in [0.5, 0.6) is 0 Å². The highest BCUT2D eigenvalue weighted by atomic mass is 32.2. The number of benzene rings is 1. The van der Waals surface area contributed by atoms with Crippen molar-refractivity contribution in [2.45, 2.75) is 37.2 Å². The van der Waals surface area contributed by atoms with Crippen molar-refractivity contribution in [3.05, 3.63) is 46.3 Å². The van der Waals surface area contributed by atoms with Gasteiger partial charge in [-0.25, -0.2) is 9.97 Å². The van der Waals surface area contributed by atoms with Crippen LogP contribution in [0.25, 0.3) is 10.9 Å². The first-order valence-electron chi connectivity index (χ1n) is 7.77. The summed E-state index contributed by atoms with van der Waals surface area (Å²) >= 11 is 1.34. The van der Waals surface area contributed by atoms with E-state index in [-0.39, 0.29) is 18.0 Å². The van der Waals surface area contributed by atoms with Crippen molar-refractivity contribution in [1.82, 2.24) is 24.7 Å². The van der Waals surface area contributed by atoms with Crippen LogP contribution in [0.15, 0.2) is 34.2 Å². The lowest BCUT2D eigenvalue weighted by molar-refractivity contribution is -0.118. The second kappa shape index (κ2) is 7.06. The molecule has 0 spiro atoms. The van der Waals surface area contributed by atoms with Gasteiger partial charge in [0, 0.05) is 5.92 Å². The van der Waals surface area contributed by atoms with E-state index < -0.39 is 5.91 Å². The molecule has 2 aromatic heterocycles. The number of amides is 1. The first-order valence-corrected chi connectivity index (χ1v) is 8.76. The second-order valence-electron chi connectivity index (χ2n) is 5.85. The number of fused-ring (bicyclic) bond motifs is 1. The van der Waals surface area contributed by atoms with Gasteiger partial charge in [-0.05, 0) is 12.1 Å². The molecule has 1 amide bonds. The lowest BCUT2D eigenvalue weighted by Crippen LogP contribution is -2.31. The van der Waals surface area contributed by atoms with Gasteiger partial charge < -0.3 is 5.73 Å². The zero-order valence-electron chi connectivity index (χ0n) is 13.9. The molecule has 3 N–H and O–H groups in total. The zero-order chi connectivity index (χ0) is 18.0. The smallest absolute Gasteiger partial charge is 0.261 e. The first-order chi connectivity index (χ1) is 12.0. The van der Waals surface area contributed by atoms with E-state index >= 15 is 0 Å². The van der Waals surface area contributed by atoms with Gasteiger partial charge in [0.25, 0.3) is 5.56 Å². The van der Waals surface area contributed by atoms with E-state index in [0.29, 0.717) is 27.6 Å². The minimum Gasteiger partial charge on any atom is -0.368 e.